The summed E-state index contributed by atoms with van der Waals surface area (Å²) in [5.41, 5.74) is 7.17. The molecular formula is C25H27N3O. The van der Waals surface area contributed by atoms with Gasteiger partial charge in [0.15, 0.2) is 0 Å². The third kappa shape index (κ3) is 3.69. The molecule has 0 aliphatic carbocycles. The summed E-state index contributed by atoms with van der Waals surface area (Å²) in [6, 6.07) is 14.4. The number of fused-ring (bicyclic) bond motifs is 1. The van der Waals surface area contributed by atoms with E-state index in [-0.39, 0.29) is 11.0 Å². The zero-order valence-electron chi connectivity index (χ0n) is 17.9. The highest BCUT2D eigenvalue weighted by Gasteiger charge is 2.37. The summed E-state index contributed by atoms with van der Waals surface area (Å²) in [4.78, 5) is 14.9. The third-order valence-electron chi connectivity index (χ3n) is 5.63. The van der Waals surface area contributed by atoms with Gasteiger partial charge in [-0.2, -0.15) is 5.26 Å². The Hall–Kier alpha value is -3.32. The van der Waals surface area contributed by atoms with Gasteiger partial charge in [-0.05, 0) is 55.7 Å². The lowest BCUT2D eigenvalue weighted by Crippen LogP contribution is -2.23. The van der Waals surface area contributed by atoms with Gasteiger partial charge in [0.25, 0.3) is 5.91 Å². The largest absolute Gasteiger partial charge is 0.347 e. The molecule has 0 unspecified atom stereocenters. The van der Waals surface area contributed by atoms with Gasteiger partial charge in [0, 0.05) is 29.5 Å². The fourth-order valence-electron chi connectivity index (χ4n) is 4.19. The number of likely N-dealkylation sites (N-methyl/N-ethyl adjacent to an activating group) is 1. The normalized spacial score (nSPS) is 16.5. The number of rotatable bonds is 3. The number of para-hydroxylation sites is 1. The number of anilines is 2. The van der Waals surface area contributed by atoms with Gasteiger partial charge in [-0.25, -0.2) is 0 Å². The Labute approximate surface area is 173 Å². The van der Waals surface area contributed by atoms with E-state index >= 15 is 0 Å². The maximum absolute atomic E-state index is 12.8. The van der Waals surface area contributed by atoms with E-state index in [2.05, 4.69) is 36.2 Å². The zero-order chi connectivity index (χ0) is 21.3. The summed E-state index contributed by atoms with van der Waals surface area (Å²) >= 11 is 0. The molecule has 29 heavy (non-hydrogen) atoms. The van der Waals surface area contributed by atoms with Gasteiger partial charge in [-0.3, -0.25) is 4.79 Å². The number of carbonyl (C=O) groups excluding carboxylic acids is 1. The molecule has 2 aromatic rings. The standard InChI is InChI=1S/C25H27N3O/c1-16-13-17(2)23(18(3)14-16)27-24(29)19(15-26)11-12-22-25(4,5)20-9-7-8-10-21(20)28(22)6/h7-14H,1-6H3,(H,27,29)/b19-11+,22-12-. The fourth-order valence-corrected chi connectivity index (χ4v) is 4.19. The van der Waals surface area contributed by atoms with E-state index in [1.807, 2.05) is 64.2 Å². The summed E-state index contributed by atoms with van der Waals surface area (Å²) in [5.74, 6) is -0.393. The zero-order valence-corrected chi connectivity index (χ0v) is 17.9. The lowest BCUT2D eigenvalue weighted by atomic mass is 9.83. The molecule has 0 bridgehead atoms. The van der Waals surface area contributed by atoms with Crippen molar-refractivity contribution >= 4 is 17.3 Å². The second-order valence-corrected chi connectivity index (χ2v) is 8.17. The molecular weight excluding hydrogens is 358 g/mol. The van der Waals surface area contributed by atoms with E-state index in [0.717, 1.165) is 33.8 Å². The number of allylic oxidation sites excluding steroid dienone is 3. The maximum atomic E-state index is 12.8. The van der Waals surface area contributed by atoms with E-state index in [9.17, 15) is 10.1 Å². The highest BCUT2D eigenvalue weighted by molar-refractivity contribution is 6.07. The number of benzene rings is 2. The summed E-state index contributed by atoms with van der Waals surface area (Å²) in [7, 11) is 2.01. The minimum Gasteiger partial charge on any atom is -0.347 e. The van der Waals surface area contributed by atoms with Crippen LogP contribution in [-0.4, -0.2) is 13.0 Å². The number of carbonyl (C=O) groups is 1. The number of hydrogen-bond donors (Lipinski definition) is 1. The molecule has 4 heteroatoms. The highest BCUT2D eigenvalue weighted by Crippen LogP contribution is 2.46. The quantitative estimate of drug-likeness (QED) is 0.575. The lowest BCUT2D eigenvalue weighted by Gasteiger charge is -2.23. The number of nitriles is 1. The number of hydrogen-bond acceptors (Lipinski definition) is 3. The smallest absolute Gasteiger partial charge is 0.266 e. The lowest BCUT2D eigenvalue weighted by molar-refractivity contribution is -0.112. The molecule has 0 atom stereocenters. The SMILES string of the molecule is Cc1cc(C)c(NC(=O)/C(C#N)=C/C=C2\N(C)c3ccccc3C2(C)C)c(C)c1. The second-order valence-electron chi connectivity index (χ2n) is 8.17. The number of aryl methyl sites for hydroxylation is 3. The van der Waals surface area contributed by atoms with E-state index in [0.29, 0.717) is 0 Å². The van der Waals surface area contributed by atoms with Gasteiger partial charge in [0.05, 0.1) is 0 Å². The molecule has 0 saturated carbocycles. The molecule has 0 radical (unpaired) electrons. The van der Waals surface area contributed by atoms with Crippen LogP contribution in [0.15, 0.2) is 59.8 Å². The topological polar surface area (TPSA) is 56.1 Å². The van der Waals surface area contributed by atoms with Crippen LogP contribution in [0.3, 0.4) is 0 Å². The molecule has 1 aliphatic heterocycles. The van der Waals surface area contributed by atoms with Crippen LogP contribution in [0.5, 0.6) is 0 Å². The van der Waals surface area contributed by atoms with Crippen molar-refractivity contribution in [2.45, 2.75) is 40.0 Å². The molecule has 0 saturated heterocycles. The Balaban J connectivity index is 1.92. The Bertz CT molecular complexity index is 1060. The Kier molecular flexibility index (Phi) is 5.35. The summed E-state index contributed by atoms with van der Waals surface area (Å²) in [5, 5.41) is 12.5. The van der Waals surface area contributed by atoms with Gasteiger partial charge in [-0.15, -0.1) is 0 Å². The molecule has 1 N–H and O–H groups in total. The Morgan fingerprint density at radius 3 is 2.34 bits per heavy atom. The molecule has 0 spiro atoms. The minimum atomic E-state index is -0.393. The monoisotopic (exact) mass is 385 g/mol. The predicted octanol–water partition coefficient (Wildman–Crippen LogP) is 5.31. The van der Waals surface area contributed by atoms with Crippen LogP contribution < -0.4 is 10.2 Å². The summed E-state index contributed by atoms with van der Waals surface area (Å²) in [6.45, 7) is 10.2. The Morgan fingerprint density at radius 2 is 1.76 bits per heavy atom. The van der Waals surface area contributed by atoms with Crippen molar-refractivity contribution in [1.29, 1.82) is 5.26 Å². The highest BCUT2D eigenvalue weighted by atomic mass is 16.1. The second kappa shape index (κ2) is 7.60. The van der Waals surface area contributed by atoms with Gasteiger partial charge < -0.3 is 10.2 Å². The average molecular weight is 386 g/mol. The van der Waals surface area contributed by atoms with Crippen molar-refractivity contribution in [2.24, 2.45) is 0 Å². The van der Waals surface area contributed by atoms with Crippen LogP contribution in [-0.2, 0) is 10.2 Å². The van der Waals surface area contributed by atoms with Crippen LogP contribution in [0.25, 0.3) is 0 Å². The third-order valence-corrected chi connectivity index (χ3v) is 5.63. The molecule has 148 valence electrons. The predicted molar refractivity (Wildman–Crippen MR) is 119 cm³/mol. The molecule has 1 amide bonds. The average Bonchev–Trinajstić information content (AvgIpc) is 2.85. The van der Waals surface area contributed by atoms with Crippen LogP contribution in [0.2, 0.25) is 0 Å². The molecule has 3 rings (SSSR count). The van der Waals surface area contributed by atoms with Crippen molar-refractivity contribution in [2.75, 3.05) is 17.3 Å². The summed E-state index contributed by atoms with van der Waals surface area (Å²) in [6.07, 6.45) is 3.50. The molecule has 0 fully saturated rings. The first-order valence-electron chi connectivity index (χ1n) is 9.71. The van der Waals surface area contributed by atoms with Crippen LogP contribution in [0.4, 0.5) is 11.4 Å². The number of nitrogens with zero attached hydrogens (tertiary/aromatic N) is 2. The van der Waals surface area contributed by atoms with Gasteiger partial charge in [0.2, 0.25) is 0 Å². The first-order chi connectivity index (χ1) is 13.7. The van der Waals surface area contributed by atoms with Gasteiger partial charge in [-0.1, -0.05) is 49.7 Å². The molecule has 4 nitrogen and oxygen atoms in total. The van der Waals surface area contributed by atoms with Crippen molar-refractivity contribution in [1.82, 2.24) is 0 Å². The van der Waals surface area contributed by atoms with E-state index in [1.54, 1.807) is 6.08 Å². The van der Waals surface area contributed by atoms with Crippen molar-refractivity contribution in [3.63, 3.8) is 0 Å². The molecule has 1 aliphatic rings. The van der Waals surface area contributed by atoms with Crippen molar-refractivity contribution in [3.8, 4) is 6.07 Å². The number of amides is 1. The Morgan fingerprint density at radius 1 is 1.14 bits per heavy atom. The van der Waals surface area contributed by atoms with Crippen LogP contribution >= 0.6 is 0 Å². The maximum Gasteiger partial charge on any atom is 0.266 e. The first kappa shape index (κ1) is 20.4. The fraction of sp³-hybridized carbons (Fsp3) is 0.280. The van der Waals surface area contributed by atoms with Crippen molar-refractivity contribution in [3.05, 3.63) is 82.1 Å². The van der Waals surface area contributed by atoms with E-state index in [4.69, 9.17) is 0 Å². The van der Waals surface area contributed by atoms with Crippen LogP contribution in [0, 0.1) is 32.1 Å². The number of nitrogens with one attached hydrogen (secondary N) is 1. The van der Waals surface area contributed by atoms with Gasteiger partial charge >= 0.3 is 0 Å². The summed E-state index contributed by atoms with van der Waals surface area (Å²) < 4.78 is 0. The molecule has 0 aromatic heterocycles. The van der Waals surface area contributed by atoms with Gasteiger partial charge in [0.1, 0.15) is 11.6 Å². The molecule has 2 aromatic carbocycles. The first-order valence-corrected chi connectivity index (χ1v) is 9.71. The minimum absolute atomic E-state index is 0.0806. The van der Waals surface area contributed by atoms with E-state index in [1.165, 1.54) is 5.56 Å². The van der Waals surface area contributed by atoms with Crippen LogP contribution in [0.1, 0.15) is 36.1 Å². The van der Waals surface area contributed by atoms with Crippen molar-refractivity contribution < 1.29 is 4.79 Å². The molecule has 1 heterocycles. The van der Waals surface area contributed by atoms with E-state index < -0.39 is 5.91 Å².